The van der Waals surface area contributed by atoms with Crippen molar-refractivity contribution in [2.24, 2.45) is 4.99 Å². The van der Waals surface area contributed by atoms with Crippen LogP contribution >= 0.6 is 11.8 Å². The smallest absolute Gasteiger partial charge is 0.252 e. The molecule has 2 aromatic rings. The molecule has 4 rings (SSSR count). The van der Waals surface area contributed by atoms with Crippen molar-refractivity contribution in [3.63, 3.8) is 0 Å². The number of aliphatic imine (C=N–C) groups is 1. The van der Waals surface area contributed by atoms with Gasteiger partial charge in [-0.25, -0.2) is 8.42 Å². The minimum atomic E-state index is -3.10. The fraction of sp³-hybridized carbons (Fsp3) is 0.364. The highest BCUT2D eigenvalue weighted by Crippen LogP contribution is 2.41. The van der Waals surface area contributed by atoms with Gasteiger partial charge in [-0.1, -0.05) is 35.5 Å². The summed E-state index contributed by atoms with van der Waals surface area (Å²) in [7, 11) is 0.00742. The van der Waals surface area contributed by atoms with Crippen LogP contribution in [0.15, 0.2) is 47.5 Å². The summed E-state index contributed by atoms with van der Waals surface area (Å²) >= 11 is 1.37. The third-order valence-electron chi connectivity index (χ3n) is 5.40. The first-order valence-electron chi connectivity index (χ1n) is 9.85. The van der Waals surface area contributed by atoms with E-state index < -0.39 is 9.84 Å². The van der Waals surface area contributed by atoms with Crippen molar-refractivity contribution in [3.05, 3.63) is 53.6 Å². The summed E-state index contributed by atoms with van der Waals surface area (Å²) in [4.78, 5) is 19.1. The predicted octanol–water partition coefficient (Wildman–Crippen LogP) is 2.86. The van der Waals surface area contributed by atoms with Crippen LogP contribution in [0.1, 0.15) is 11.1 Å². The maximum absolute atomic E-state index is 12.8. The van der Waals surface area contributed by atoms with Crippen LogP contribution in [0.2, 0.25) is 0 Å². The van der Waals surface area contributed by atoms with E-state index in [1.165, 1.54) is 11.8 Å². The van der Waals surface area contributed by atoms with Gasteiger partial charge in [-0.15, -0.1) is 0 Å². The van der Waals surface area contributed by atoms with Crippen LogP contribution in [0.3, 0.4) is 0 Å². The van der Waals surface area contributed by atoms with Crippen LogP contribution in [0, 0.1) is 6.92 Å². The van der Waals surface area contributed by atoms with E-state index in [0.717, 1.165) is 16.8 Å². The summed E-state index contributed by atoms with van der Waals surface area (Å²) < 4.78 is 34.9. The number of hydrogen-bond acceptors (Lipinski definition) is 6. The molecule has 0 saturated carbocycles. The van der Waals surface area contributed by atoms with Gasteiger partial charge >= 0.3 is 0 Å². The van der Waals surface area contributed by atoms with E-state index in [1.807, 2.05) is 36.1 Å². The lowest BCUT2D eigenvalue weighted by Gasteiger charge is -2.24. The molecule has 7 nitrogen and oxygen atoms in total. The number of carbonyl (C=O) groups is 1. The van der Waals surface area contributed by atoms with Crippen molar-refractivity contribution in [2.45, 2.75) is 24.6 Å². The Kier molecular flexibility index (Phi) is 5.98. The molecule has 2 aliphatic heterocycles. The zero-order chi connectivity index (χ0) is 22.2. The second-order valence-corrected chi connectivity index (χ2v) is 11.0. The Morgan fingerprint density at radius 3 is 2.48 bits per heavy atom. The number of nitrogens with zero attached hydrogens (tertiary/aromatic N) is 2. The molecule has 2 aliphatic rings. The van der Waals surface area contributed by atoms with Gasteiger partial charge in [0, 0.05) is 10.9 Å². The second kappa shape index (κ2) is 8.55. The fourth-order valence-corrected chi connectivity index (χ4v) is 7.81. The number of aryl methyl sites for hydroxylation is 1. The molecular weight excluding hydrogens is 436 g/mol. The van der Waals surface area contributed by atoms with Gasteiger partial charge in [0.15, 0.2) is 26.5 Å². The van der Waals surface area contributed by atoms with Crippen molar-refractivity contribution in [1.29, 1.82) is 0 Å². The Hall–Kier alpha value is -2.52. The molecule has 1 amide bonds. The lowest BCUT2D eigenvalue weighted by atomic mass is 10.1. The number of ether oxygens (including phenoxy) is 2. The summed E-state index contributed by atoms with van der Waals surface area (Å²) in [5, 5.41) is 0.429. The molecular formula is C22H24N2O5S2. The van der Waals surface area contributed by atoms with E-state index in [-0.39, 0.29) is 35.1 Å². The van der Waals surface area contributed by atoms with Crippen LogP contribution in [-0.4, -0.2) is 56.5 Å². The molecule has 31 heavy (non-hydrogen) atoms. The molecule has 9 heteroatoms. The molecule has 0 N–H and O–H groups in total. The van der Waals surface area contributed by atoms with Crippen LogP contribution in [-0.2, 0) is 21.1 Å². The number of carbonyl (C=O) groups excluding carboxylic acids is 1. The average molecular weight is 461 g/mol. The molecule has 0 bridgehead atoms. The highest BCUT2D eigenvalue weighted by molar-refractivity contribution is 8.16. The van der Waals surface area contributed by atoms with Gasteiger partial charge in [-0.3, -0.25) is 4.79 Å². The Balaban J connectivity index is 1.60. The minimum absolute atomic E-state index is 0.0709. The molecule has 2 fully saturated rings. The quantitative estimate of drug-likeness (QED) is 0.678. The summed E-state index contributed by atoms with van der Waals surface area (Å²) in [5.74, 6) is 1.02. The number of rotatable bonds is 5. The molecule has 0 aromatic heterocycles. The summed E-state index contributed by atoms with van der Waals surface area (Å²) in [6.45, 7) is 1.99. The maximum atomic E-state index is 12.8. The first kappa shape index (κ1) is 21.7. The SMILES string of the molecule is COc1ccc(CC(=O)N=C2S[C@H]3CS(=O)(=O)C[C@@H]3N2c2ccc(C)cc2)cc1OC. The number of fused-ring (bicyclic) bond motifs is 1. The lowest BCUT2D eigenvalue weighted by Crippen LogP contribution is -2.37. The number of anilines is 1. The van der Waals surface area contributed by atoms with E-state index in [4.69, 9.17) is 9.47 Å². The molecule has 2 heterocycles. The van der Waals surface area contributed by atoms with Gasteiger partial charge < -0.3 is 14.4 Å². The number of sulfone groups is 1. The summed E-state index contributed by atoms with van der Waals surface area (Å²) in [5.41, 5.74) is 2.72. The number of methoxy groups -OCH3 is 2. The van der Waals surface area contributed by atoms with Gasteiger partial charge in [0.25, 0.3) is 5.91 Å². The van der Waals surface area contributed by atoms with Crippen molar-refractivity contribution in [3.8, 4) is 11.5 Å². The summed E-state index contributed by atoms with van der Waals surface area (Å²) in [6, 6.07) is 12.9. The third-order valence-corrected chi connectivity index (χ3v) is 8.61. The van der Waals surface area contributed by atoms with Gasteiger partial charge in [0.2, 0.25) is 0 Å². The van der Waals surface area contributed by atoms with Crippen LogP contribution in [0.4, 0.5) is 5.69 Å². The van der Waals surface area contributed by atoms with E-state index in [0.29, 0.717) is 16.7 Å². The minimum Gasteiger partial charge on any atom is -0.493 e. The first-order valence-corrected chi connectivity index (χ1v) is 12.5. The molecule has 2 saturated heterocycles. The Morgan fingerprint density at radius 2 is 1.81 bits per heavy atom. The summed E-state index contributed by atoms with van der Waals surface area (Å²) in [6.07, 6.45) is 0.111. The van der Waals surface area contributed by atoms with Gasteiger partial charge in [0.1, 0.15) is 0 Å². The Labute approximate surface area is 186 Å². The Bertz CT molecular complexity index is 1130. The Morgan fingerprint density at radius 1 is 1.10 bits per heavy atom. The predicted molar refractivity (Wildman–Crippen MR) is 123 cm³/mol. The van der Waals surface area contributed by atoms with Gasteiger partial charge in [0.05, 0.1) is 38.2 Å². The number of hydrogen-bond donors (Lipinski definition) is 0. The largest absolute Gasteiger partial charge is 0.493 e. The monoisotopic (exact) mass is 460 g/mol. The normalized spacial score (nSPS) is 23.1. The highest BCUT2D eigenvalue weighted by Gasteiger charge is 2.49. The highest BCUT2D eigenvalue weighted by atomic mass is 32.2. The lowest BCUT2D eigenvalue weighted by molar-refractivity contribution is -0.117. The van der Waals surface area contributed by atoms with Gasteiger partial charge in [-0.05, 0) is 36.8 Å². The van der Waals surface area contributed by atoms with Crippen molar-refractivity contribution in [1.82, 2.24) is 0 Å². The van der Waals surface area contributed by atoms with E-state index >= 15 is 0 Å². The molecule has 2 aromatic carbocycles. The first-order chi connectivity index (χ1) is 14.8. The van der Waals surface area contributed by atoms with E-state index in [2.05, 4.69) is 4.99 Å². The van der Waals surface area contributed by atoms with Crippen molar-refractivity contribution < 1.29 is 22.7 Å². The fourth-order valence-electron chi connectivity index (χ4n) is 3.88. The molecule has 0 unspecified atom stereocenters. The van der Waals surface area contributed by atoms with Gasteiger partial charge in [-0.2, -0.15) is 4.99 Å². The molecule has 164 valence electrons. The average Bonchev–Trinajstić information content (AvgIpc) is 3.19. The topological polar surface area (TPSA) is 85.3 Å². The second-order valence-electron chi connectivity index (χ2n) is 7.66. The van der Waals surface area contributed by atoms with Crippen LogP contribution in [0.5, 0.6) is 11.5 Å². The number of benzene rings is 2. The molecule has 0 aliphatic carbocycles. The van der Waals surface area contributed by atoms with Crippen molar-refractivity contribution in [2.75, 3.05) is 30.6 Å². The van der Waals surface area contributed by atoms with Crippen LogP contribution < -0.4 is 14.4 Å². The number of amides is 1. The number of thioether (sulfide) groups is 1. The van der Waals surface area contributed by atoms with E-state index in [9.17, 15) is 13.2 Å². The third kappa shape index (κ3) is 4.57. The molecule has 0 spiro atoms. The van der Waals surface area contributed by atoms with Crippen LogP contribution in [0.25, 0.3) is 0 Å². The zero-order valence-corrected chi connectivity index (χ0v) is 19.2. The standard InChI is InChI=1S/C22H24N2O5S2/c1-14-4-7-16(8-5-14)24-17-12-31(26,27)13-20(17)30-22(24)23-21(25)11-15-6-9-18(28-2)19(10-15)29-3/h4-10,17,20H,11-13H2,1-3H3/t17-,20-/m0/s1. The number of amidine groups is 1. The molecule has 0 radical (unpaired) electrons. The zero-order valence-electron chi connectivity index (χ0n) is 17.6. The van der Waals surface area contributed by atoms with E-state index in [1.54, 1.807) is 32.4 Å². The molecule has 2 atom stereocenters. The van der Waals surface area contributed by atoms with Crippen molar-refractivity contribution >= 4 is 38.4 Å². The maximum Gasteiger partial charge on any atom is 0.252 e.